The van der Waals surface area contributed by atoms with E-state index >= 15 is 0 Å². The fourth-order valence-electron chi connectivity index (χ4n) is 2.94. The number of carbonyl (C=O) groups is 1. The van der Waals surface area contributed by atoms with Crippen LogP contribution in [0.15, 0.2) is 76.5 Å². The van der Waals surface area contributed by atoms with E-state index in [2.05, 4.69) is 10.5 Å². The molecular weight excluding hydrogens is 354 g/mol. The lowest BCUT2D eigenvalue weighted by atomic mass is 10.0. The van der Waals surface area contributed by atoms with Crippen molar-refractivity contribution in [2.45, 2.75) is 6.92 Å². The number of nitrogens with one attached hydrogen (secondary N) is 1. The molecule has 132 valence electrons. The maximum Gasteiger partial charge on any atom is 0.272 e. The molecule has 0 unspecified atom stereocenters. The molecule has 0 aliphatic rings. The van der Waals surface area contributed by atoms with Crippen molar-refractivity contribution in [2.75, 3.05) is 0 Å². The molecule has 2 aromatic heterocycles. The van der Waals surface area contributed by atoms with Gasteiger partial charge in [0.15, 0.2) is 0 Å². The number of para-hydroxylation sites is 1. The highest BCUT2D eigenvalue weighted by Crippen LogP contribution is 2.26. The van der Waals surface area contributed by atoms with E-state index in [9.17, 15) is 4.79 Å². The summed E-state index contributed by atoms with van der Waals surface area (Å²) in [5.74, 6) is -0.255. The van der Waals surface area contributed by atoms with E-state index in [0.29, 0.717) is 5.56 Å². The predicted molar refractivity (Wildman–Crippen MR) is 111 cm³/mol. The van der Waals surface area contributed by atoms with E-state index in [4.69, 9.17) is 4.98 Å². The van der Waals surface area contributed by atoms with Crippen molar-refractivity contribution in [3.05, 3.63) is 88.1 Å². The van der Waals surface area contributed by atoms with Gasteiger partial charge in [0.1, 0.15) is 0 Å². The lowest BCUT2D eigenvalue weighted by molar-refractivity contribution is 0.0957. The Balaban J connectivity index is 1.74. The lowest BCUT2D eigenvalue weighted by Gasteiger charge is -2.10. The van der Waals surface area contributed by atoms with Crippen LogP contribution in [-0.4, -0.2) is 17.1 Å². The smallest absolute Gasteiger partial charge is 0.267 e. The highest BCUT2D eigenvalue weighted by molar-refractivity contribution is 7.08. The Hall–Kier alpha value is -3.31. The standard InChI is InChI=1S/C22H17N3OS/c1-15-6-2-3-7-17(15)21-12-19(18-8-4-5-9-20(18)24-21)22(26)25-23-13-16-10-11-27-14-16/h2-14H,1H3,(H,25,26). The van der Waals surface area contributed by atoms with E-state index in [1.165, 1.54) is 0 Å². The third-order valence-corrected chi connectivity index (χ3v) is 5.01. The van der Waals surface area contributed by atoms with Crippen LogP contribution in [0.4, 0.5) is 0 Å². The van der Waals surface area contributed by atoms with E-state index in [1.54, 1.807) is 17.6 Å². The van der Waals surface area contributed by atoms with E-state index < -0.39 is 0 Å². The molecule has 0 radical (unpaired) electrons. The van der Waals surface area contributed by atoms with E-state index in [0.717, 1.165) is 33.3 Å². The maximum absolute atomic E-state index is 12.8. The fraction of sp³-hybridized carbons (Fsp3) is 0.0455. The number of hydrogen-bond acceptors (Lipinski definition) is 4. The third kappa shape index (κ3) is 3.64. The van der Waals surface area contributed by atoms with Crippen molar-refractivity contribution >= 4 is 34.4 Å². The minimum absolute atomic E-state index is 0.255. The van der Waals surface area contributed by atoms with E-state index in [1.807, 2.05) is 78.3 Å². The minimum atomic E-state index is -0.255. The predicted octanol–water partition coefficient (Wildman–Crippen LogP) is 5.04. The van der Waals surface area contributed by atoms with Crippen molar-refractivity contribution in [3.63, 3.8) is 0 Å². The summed E-state index contributed by atoms with van der Waals surface area (Å²) in [4.78, 5) is 17.6. The van der Waals surface area contributed by atoms with Crippen LogP contribution in [0, 0.1) is 6.92 Å². The number of pyridine rings is 1. The Labute approximate surface area is 161 Å². The second-order valence-electron chi connectivity index (χ2n) is 6.14. The molecule has 0 fully saturated rings. The highest BCUT2D eigenvalue weighted by Gasteiger charge is 2.14. The number of benzene rings is 2. The number of carbonyl (C=O) groups excluding carboxylic acids is 1. The Bertz CT molecular complexity index is 1130. The van der Waals surface area contributed by atoms with Crippen LogP contribution in [0.5, 0.6) is 0 Å². The summed E-state index contributed by atoms with van der Waals surface area (Å²) in [6, 6.07) is 19.5. The SMILES string of the molecule is Cc1ccccc1-c1cc(C(=O)NN=Cc2ccsc2)c2ccccc2n1. The third-order valence-electron chi connectivity index (χ3n) is 4.30. The second kappa shape index (κ2) is 7.51. The van der Waals surface area contributed by atoms with Crippen LogP contribution in [0.25, 0.3) is 22.2 Å². The van der Waals surface area contributed by atoms with Crippen molar-refractivity contribution in [1.82, 2.24) is 10.4 Å². The van der Waals surface area contributed by atoms with Gasteiger partial charge in [0, 0.05) is 16.5 Å². The molecule has 2 aromatic carbocycles. The average Bonchev–Trinajstić information content (AvgIpc) is 3.21. The molecule has 2 heterocycles. The summed E-state index contributed by atoms with van der Waals surface area (Å²) < 4.78 is 0. The highest BCUT2D eigenvalue weighted by atomic mass is 32.1. The van der Waals surface area contributed by atoms with Gasteiger partial charge in [-0.05, 0) is 41.4 Å². The summed E-state index contributed by atoms with van der Waals surface area (Å²) in [5.41, 5.74) is 7.83. The van der Waals surface area contributed by atoms with Gasteiger partial charge in [-0.25, -0.2) is 10.4 Å². The first kappa shape index (κ1) is 17.1. The number of hydrazone groups is 1. The van der Waals surface area contributed by atoms with Crippen molar-refractivity contribution in [3.8, 4) is 11.3 Å². The fourth-order valence-corrected chi connectivity index (χ4v) is 3.55. The molecule has 0 saturated heterocycles. The van der Waals surface area contributed by atoms with Crippen LogP contribution in [0.3, 0.4) is 0 Å². The largest absolute Gasteiger partial charge is 0.272 e. The number of fused-ring (bicyclic) bond motifs is 1. The van der Waals surface area contributed by atoms with Gasteiger partial charge in [0.05, 0.1) is 23.0 Å². The zero-order valence-electron chi connectivity index (χ0n) is 14.7. The molecule has 4 aromatic rings. The minimum Gasteiger partial charge on any atom is -0.267 e. The maximum atomic E-state index is 12.8. The van der Waals surface area contributed by atoms with Crippen molar-refractivity contribution in [2.24, 2.45) is 5.10 Å². The van der Waals surface area contributed by atoms with Crippen molar-refractivity contribution in [1.29, 1.82) is 0 Å². The van der Waals surface area contributed by atoms with Crippen LogP contribution >= 0.6 is 11.3 Å². The van der Waals surface area contributed by atoms with Crippen LogP contribution < -0.4 is 5.43 Å². The first-order valence-corrected chi connectivity index (χ1v) is 9.48. The van der Waals surface area contributed by atoms with Crippen LogP contribution in [-0.2, 0) is 0 Å². The molecule has 4 nitrogen and oxygen atoms in total. The topological polar surface area (TPSA) is 54.4 Å². The van der Waals surface area contributed by atoms with Gasteiger partial charge in [-0.15, -0.1) is 0 Å². The van der Waals surface area contributed by atoms with Gasteiger partial charge in [0.25, 0.3) is 5.91 Å². The Morgan fingerprint density at radius 3 is 2.74 bits per heavy atom. The number of aromatic nitrogens is 1. The number of nitrogens with zero attached hydrogens (tertiary/aromatic N) is 2. The molecule has 1 N–H and O–H groups in total. The monoisotopic (exact) mass is 371 g/mol. The molecule has 0 bridgehead atoms. The first-order valence-electron chi connectivity index (χ1n) is 8.54. The zero-order chi connectivity index (χ0) is 18.6. The van der Waals surface area contributed by atoms with Crippen LogP contribution in [0.1, 0.15) is 21.5 Å². The number of amides is 1. The van der Waals surface area contributed by atoms with Gasteiger partial charge in [0.2, 0.25) is 0 Å². The molecule has 0 aliphatic heterocycles. The Kier molecular flexibility index (Phi) is 4.77. The van der Waals surface area contributed by atoms with Gasteiger partial charge in [-0.1, -0.05) is 42.5 Å². The van der Waals surface area contributed by atoms with Crippen molar-refractivity contribution < 1.29 is 4.79 Å². The quantitative estimate of drug-likeness (QED) is 0.404. The summed E-state index contributed by atoms with van der Waals surface area (Å²) in [6.45, 7) is 2.04. The molecule has 5 heteroatoms. The molecule has 27 heavy (non-hydrogen) atoms. The Morgan fingerprint density at radius 1 is 1.11 bits per heavy atom. The summed E-state index contributed by atoms with van der Waals surface area (Å²) >= 11 is 1.59. The summed E-state index contributed by atoms with van der Waals surface area (Å²) in [7, 11) is 0. The Morgan fingerprint density at radius 2 is 1.93 bits per heavy atom. The van der Waals surface area contributed by atoms with Gasteiger partial charge >= 0.3 is 0 Å². The van der Waals surface area contributed by atoms with Gasteiger partial charge in [-0.3, -0.25) is 4.79 Å². The number of rotatable bonds is 4. The second-order valence-corrected chi connectivity index (χ2v) is 6.92. The van der Waals surface area contributed by atoms with Gasteiger partial charge < -0.3 is 0 Å². The van der Waals surface area contributed by atoms with Crippen LogP contribution in [0.2, 0.25) is 0 Å². The molecular formula is C22H17N3OS. The van der Waals surface area contributed by atoms with E-state index in [-0.39, 0.29) is 5.91 Å². The molecule has 0 spiro atoms. The lowest BCUT2D eigenvalue weighted by Crippen LogP contribution is -2.18. The molecule has 0 atom stereocenters. The summed E-state index contributed by atoms with van der Waals surface area (Å²) in [5, 5.41) is 8.81. The number of aryl methyl sites for hydroxylation is 1. The molecule has 0 aliphatic carbocycles. The zero-order valence-corrected chi connectivity index (χ0v) is 15.5. The number of hydrogen-bond donors (Lipinski definition) is 1. The summed E-state index contributed by atoms with van der Waals surface area (Å²) in [6.07, 6.45) is 1.64. The normalized spacial score (nSPS) is 11.1. The molecule has 0 saturated carbocycles. The molecule has 1 amide bonds. The van der Waals surface area contributed by atoms with Gasteiger partial charge in [-0.2, -0.15) is 16.4 Å². The number of thiophene rings is 1. The first-order chi connectivity index (χ1) is 13.2. The average molecular weight is 371 g/mol. The molecule has 4 rings (SSSR count).